The van der Waals surface area contributed by atoms with Crippen LogP contribution >= 0.6 is 0 Å². The average Bonchev–Trinajstić information content (AvgIpc) is 3.05. The molecule has 0 saturated carbocycles. The highest BCUT2D eigenvalue weighted by Crippen LogP contribution is 2.31. The van der Waals surface area contributed by atoms with Gasteiger partial charge in [-0.1, -0.05) is 36.4 Å². The molecule has 10 heteroatoms. The van der Waals surface area contributed by atoms with Gasteiger partial charge < -0.3 is 39.8 Å². The van der Waals surface area contributed by atoms with Crippen molar-refractivity contribution in [1.82, 2.24) is 20.6 Å². The van der Waals surface area contributed by atoms with Gasteiger partial charge in [-0.25, -0.2) is 0 Å². The number of hydrogen-bond donors (Lipinski definition) is 4. The second kappa shape index (κ2) is 16.6. The summed E-state index contributed by atoms with van der Waals surface area (Å²) in [4.78, 5) is 9.03. The Bertz CT molecular complexity index is 1400. The molecule has 0 atom stereocenters. The number of rotatable bonds is 17. The zero-order chi connectivity index (χ0) is 31.3. The van der Waals surface area contributed by atoms with Gasteiger partial charge in [-0.05, 0) is 59.4 Å². The number of nitrogens with zero attached hydrogens (tertiary/aromatic N) is 2. The first kappa shape index (κ1) is 32.7. The Morgan fingerprint density at radius 2 is 1.02 bits per heavy atom. The normalized spacial score (nSPS) is 11.0. The number of aliphatic hydroxyl groups excluding tert-OH is 2. The summed E-state index contributed by atoms with van der Waals surface area (Å²) in [6.07, 6.45) is 0. The minimum atomic E-state index is 0.0699. The Hall–Kier alpha value is -4.22. The molecule has 44 heavy (non-hydrogen) atoms. The van der Waals surface area contributed by atoms with E-state index in [1.54, 1.807) is 14.2 Å². The second-order valence-corrected chi connectivity index (χ2v) is 10.2. The van der Waals surface area contributed by atoms with E-state index < -0.39 is 0 Å². The van der Waals surface area contributed by atoms with Crippen LogP contribution in [0, 0.1) is 13.8 Å². The molecule has 0 radical (unpaired) electrons. The van der Waals surface area contributed by atoms with E-state index in [1.807, 2.05) is 36.4 Å². The van der Waals surface area contributed by atoms with E-state index in [0.29, 0.717) is 62.9 Å². The first-order chi connectivity index (χ1) is 21.5. The smallest absolute Gasteiger partial charge is 0.220 e. The largest absolute Gasteiger partial charge is 0.481 e. The lowest BCUT2D eigenvalue weighted by molar-refractivity contribution is 0.283. The maximum atomic E-state index is 9.01. The zero-order valence-electron chi connectivity index (χ0n) is 25.9. The molecule has 0 aliphatic heterocycles. The van der Waals surface area contributed by atoms with Gasteiger partial charge in [-0.2, -0.15) is 9.97 Å². The Kier molecular flexibility index (Phi) is 12.3. The van der Waals surface area contributed by atoms with Crippen molar-refractivity contribution in [1.29, 1.82) is 0 Å². The van der Waals surface area contributed by atoms with E-state index in [2.05, 4.69) is 58.7 Å². The van der Waals surface area contributed by atoms with Crippen LogP contribution in [0.3, 0.4) is 0 Å². The molecule has 0 spiro atoms. The van der Waals surface area contributed by atoms with Crippen molar-refractivity contribution >= 4 is 0 Å². The van der Waals surface area contributed by atoms with E-state index in [1.165, 1.54) is 0 Å². The third-order valence-electron chi connectivity index (χ3n) is 7.36. The van der Waals surface area contributed by atoms with Crippen LogP contribution in [0.4, 0.5) is 0 Å². The third kappa shape index (κ3) is 8.45. The number of hydrogen-bond acceptors (Lipinski definition) is 10. The van der Waals surface area contributed by atoms with Crippen molar-refractivity contribution < 1.29 is 29.2 Å². The molecule has 0 unspecified atom stereocenters. The summed E-state index contributed by atoms with van der Waals surface area (Å²) in [6, 6.07) is 20.0. The lowest BCUT2D eigenvalue weighted by atomic mass is 9.92. The van der Waals surface area contributed by atoms with E-state index in [0.717, 1.165) is 44.5 Å². The van der Waals surface area contributed by atoms with Gasteiger partial charge in [-0.15, -0.1) is 0 Å². The number of aliphatic hydroxyl groups is 2. The summed E-state index contributed by atoms with van der Waals surface area (Å²) in [5.41, 5.74) is 8.41. The van der Waals surface area contributed by atoms with E-state index in [-0.39, 0.29) is 13.2 Å². The molecule has 4 N–H and O–H groups in total. The fourth-order valence-corrected chi connectivity index (χ4v) is 4.86. The van der Waals surface area contributed by atoms with Gasteiger partial charge in [0, 0.05) is 49.4 Å². The molecule has 4 rings (SSSR count). The van der Waals surface area contributed by atoms with Crippen molar-refractivity contribution in [2.45, 2.75) is 40.2 Å². The molecule has 0 aliphatic rings. The summed E-state index contributed by atoms with van der Waals surface area (Å²) < 4.78 is 23.1. The average molecular weight is 603 g/mol. The lowest BCUT2D eigenvalue weighted by Gasteiger charge is -2.17. The van der Waals surface area contributed by atoms with Gasteiger partial charge >= 0.3 is 0 Å². The van der Waals surface area contributed by atoms with Crippen LogP contribution in [-0.4, -0.2) is 60.7 Å². The van der Waals surface area contributed by atoms with Crippen molar-refractivity contribution in [2.24, 2.45) is 0 Å². The quantitative estimate of drug-likeness (QED) is 0.131. The Labute approximate surface area is 259 Å². The molecular weight excluding hydrogens is 560 g/mol. The van der Waals surface area contributed by atoms with Gasteiger partial charge in [0.25, 0.3) is 0 Å². The molecule has 0 aliphatic carbocycles. The molecule has 0 fully saturated rings. The van der Waals surface area contributed by atoms with E-state index >= 15 is 0 Å². The molecule has 234 valence electrons. The molecule has 0 amide bonds. The summed E-state index contributed by atoms with van der Waals surface area (Å²) in [5, 5.41) is 24.3. The van der Waals surface area contributed by atoms with Gasteiger partial charge in [0.15, 0.2) is 0 Å². The second-order valence-electron chi connectivity index (χ2n) is 10.2. The highest BCUT2D eigenvalue weighted by molar-refractivity contribution is 5.72. The van der Waals surface area contributed by atoms with Crippen LogP contribution in [-0.2, 0) is 26.3 Å². The van der Waals surface area contributed by atoms with Gasteiger partial charge in [0.1, 0.15) is 13.2 Å². The van der Waals surface area contributed by atoms with Crippen molar-refractivity contribution in [3.05, 3.63) is 94.0 Å². The van der Waals surface area contributed by atoms with Crippen LogP contribution < -0.4 is 29.6 Å². The molecule has 2 aromatic heterocycles. The molecule has 0 bridgehead atoms. The topological polar surface area (TPSA) is 127 Å². The number of methoxy groups -OCH3 is 2. The summed E-state index contributed by atoms with van der Waals surface area (Å²) in [5.74, 6) is 1.94. The maximum absolute atomic E-state index is 9.01. The predicted molar refractivity (Wildman–Crippen MR) is 169 cm³/mol. The fraction of sp³-hybridized carbons (Fsp3) is 0.353. The minimum absolute atomic E-state index is 0.0699. The van der Waals surface area contributed by atoms with Crippen molar-refractivity contribution in [3.8, 4) is 34.6 Å². The standard InChI is InChI=1S/C34H42N4O6/c1-23-27(21-43-31-13-11-25(19-35-15-17-39)33(37-31)41-3)7-5-9-29(23)30-10-6-8-28(24(30)2)22-44-32-14-12-26(20-36-16-18-40)34(38-32)42-4/h5-14,35-36,39-40H,15-22H2,1-4H3. The van der Waals surface area contributed by atoms with Crippen LogP contribution in [0.5, 0.6) is 23.5 Å². The molecule has 0 saturated heterocycles. The zero-order valence-corrected chi connectivity index (χ0v) is 25.9. The monoisotopic (exact) mass is 602 g/mol. The van der Waals surface area contributed by atoms with Crippen molar-refractivity contribution in [2.75, 3.05) is 40.5 Å². The maximum Gasteiger partial charge on any atom is 0.220 e. The molecule has 2 heterocycles. The number of aromatic nitrogens is 2. The molecular formula is C34H42N4O6. The van der Waals surface area contributed by atoms with Crippen molar-refractivity contribution in [3.63, 3.8) is 0 Å². The molecule has 2 aromatic carbocycles. The molecule has 4 aromatic rings. The van der Waals surface area contributed by atoms with Crippen LogP contribution in [0.1, 0.15) is 33.4 Å². The summed E-state index contributed by atoms with van der Waals surface area (Å²) >= 11 is 0. The Morgan fingerprint density at radius 3 is 1.41 bits per heavy atom. The predicted octanol–water partition coefficient (Wildman–Crippen LogP) is 4.10. The minimum Gasteiger partial charge on any atom is -0.481 e. The number of ether oxygens (including phenoxy) is 4. The van der Waals surface area contributed by atoms with Gasteiger partial charge in [0.05, 0.1) is 27.4 Å². The van der Waals surface area contributed by atoms with Crippen LogP contribution in [0.25, 0.3) is 11.1 Å². The lowest BCUT2D eigenvalue weighted by Crippen LogP contribution is -2.18. The highest BCUT2D eigenvalue weighted by atomic mass is 16.5. The fourth-order valence-electron chi connectivity index (χ4n) is 4.86. The number of nitrogens with one attached hydrogen (secondary N) is 2. The van der Waals surface area contributed by atoms with E-state index in [9.17, 15) is 0 Å². The number of benzene rings is 2. The number of pyridine rings is 2. The first-order valence-electron chi connectivity index (χ1n) is 14.6. The van der Waals surface area contributed by atoms with E-state index in [4.69, 9.17) is 29.2 Å². The SMILES string of the molecule is COc1nc(OCc2cccc(-c3cccc(COc4ccc(CNCCO)c(OC)n4)c3C)c2C)ccc1CNCCO. The Balaban J connectivity index is 1.45. The van der Waals surface area contributed by atoms with Gasteiger partial charge in [-0.3, -0.25) is 0 Å². The van der Waals surface area contributed by atoms with Crippen LogP contribution in [0.15, 0.2) is 60.7 Å². The first-order valence-corrected chi connectivity index (χ1v) is 14.6. The molecule has 10 nitrogen and oxygen atoms in total. The summed E-state index contributed by atoms with van der Waals surface area (Å²) in [7, 11) is 3.17. The van der Waals surface area contributed by atoms with Gasteiger partial charge in [0.2, 0.25) is 23.5 Å². The highest BCUT2D eigenvalue weighted by Gasteiger charge is 2.14. The Morgan fingerprint density at radius 1 is 0.591 bits per heavy atom. The third-order valence-corrected chi connectivity index (χ3v) is 7.36. The van der Waals surface area contributed by atoms with Crippen LogP contribution in [0.2, 0.25) is 0 Å². The summed E-state index contributed by atoms with van der Waals surface area (Å²) in [6.45, 7) is 7.15.